The molecule has 0 amide bonds. The second kappa shape index (κ2) is 6.92. The molecule has 5 heteroatoms. The third-order valence-electron chi connectivity index (χ3n) is 4.66. The van der Waals surface area contributed by atoms with E-state index in [-0.39, 0.29) is 6.04 Å². The highest BCUT2D eigenvalue weighted by molar-refractivity contribution is 7.13. The van der Waals surface area contributed by atoms with Crippen LogP contribution in [0.15, 0.2) is 59.0 Å². The Hall–Kier alpha value is -2.66. The van der Waals surface area contributed by atoms with Crippen molar-refractivity contribution in [2.75, 3.05) is 12.1 Å². The van der Waals surface area contributed by atoms with Gasteiger partial charge in [-0.15, -0.1) is 11.3 Å². The summed E-state index contributed by atoms with van der Waals surface area (Å²) in [7, 11) is 1.69. The number of aromatic nitrogens is 1. The summed E-state index contributed by atoms with van der Waals surface area (Å²) in [5, 5.41) is 10.0. The van der Waals surface area contributed by atoms with E-state index in [4.69, 9.17) is 9.84 Å². The van der Waals surface area contributed by atoms with Gasteiger partial charge in [0.15, 0.2) is 0 Å². The Kier molecular flexibility index (Phi) is 4.47. The van der Waals surface area contributed by atoms with Gasteiger partial charge in [-0.25, -0.2) is 9.99 Å². The number of rotatable bonds is 4. The maximum Gasteiger partial charge on any atom is 0.206 e. The van der Waals surface area contributed by atoms with Crippen molar-refractivity contribution in [1.29, 1.82) is 0 Å². The van der Waals surface area contributed by atoms with Gasteiger partial charge in [0, 0.05) is 17.4 Å². The van der Waals surface area contributed by atoms with Crippen LogP contribution in [0.25, 0.3) is 0 Å². The molecule has 0 N–H and O–H groups in total. The number of hydrazone groups is 1. The number of hydrogen-bond donors (Lipinski definition) is 0. The molecule has 4 nitrogen and oxygen atoms in total. The second-order valence-corrected chi connectivity index (χ2v) is 7.31. The molecule has 0 saturated heterocycles. The van der Waals surface area contributed by atoms with Crippen molar-refractivity contribution in [2.45, 2.75) is 26.3 Å². The minimum absolute atomic E-state index is 0.156. The van der Waals surface area contributed by atoms with Gasteiger partial charge in [-0.1, -0.05) is 36.4 Å². The van der Waals surface area contributed by atoms with Gasteiger partial charge in [0.05, 0.1) is 24.6 Å². The smallest absolute Gasteiger partial charge is 0.206 e. The van der Waals surface area contributed by atoms with Crippen LogP contribution >= 0.6 is 11.3 Å². The molecule has 0 spiro atoms. The van der Waals surface area contributed by atoms with E-state index in [2.05, 4.69) is 52.6 Å². The number of benzene rings is 2. The first-order valence-electron chi connectivity index (χ1n) is 8.64. The zero-order valence-corrected chi connectivity index (χ0v) is 16.0. The van der Waals surface area contributed by atoms with E-state index >= 15 is 0 Å². The maximum absolute atomic E-state index is 5.38. The summed E-state index contributed by atoms with van der Waals surface area (Å²) >= 11 is 1.64. The van der Waals surface area contributed by atoms with Crippen LogP contribution in [0.5, 0.6) is 5.75 Å². The Morgan fingerprint density at radius 1 is 1.12 bits per heavy atom. The first-order chi connectivity index (χ1) is 12.7. The van der Waals surface area contributed by atoms with Crippen LogP contribution in [0.1, 0.15) is 34.8 Å². The van der Waals surface area contributed by atoms with Crippen LogP contribution in [-0.4, -0.2) is 17.8 Å². The third-order valence-corrected chi connectivity index (χ3v) is 5.61. The molecule has 0 unspecified atom stereocenters. The van der Waals surface area contributed by atoms with Crippen molar-refractivity contribution in [3.05, 3.63) is 76.3 Å². The fraction of sp³-hybridized carbons (Fsp3) is 0.238. The zero-order valence-electron chi connectivity index (χ0n) is 15.1. The summed E-state index contributed by atoms with van der Waals surface area (Å²) in [5.74, 6) is 0.848. The van der Waals surface area contributed by atoms with Gasteiger partial charge in [0.25, 0.3) is 0 Å². The fourth-order valence-electron chi connectivity index (χ4n) is 3.31. The van der Waals surface area contributed by atoms with Crippen LogP contribution in [-0.2, 0) is 0 Å². The number of ether oxygens (including phenoxy) is 1. The summed E-state index contributed by atoms with van der Waals surface area (Å²) in [4.78, 5) is 4.67. The van der Waals surface area contributed by atoms with Crippen molar-refractivity contribution in [3.8, 4) is 5.75 Å². The van der Waals surface area contributed by atoms with Gasteiger partial charge in [0.2, 0.25) is 5.13 Å². The molecule has 26 heavy (non-hydrogen) atoms. The molecule has 0 aliphatic carbocycles. The molecule has 3 aromatic rings. The van der Waals surface area contributed by atoms with Gasteiger partial charge in [-0.2, -0.15) is 5.10 Å². The van der Waals surface area contributed by atoms with Crippen LogP contribution in [0.2, 0.25) is 0 Å². The van der Waals surface area contributed by atoms with Crippen molar-refractivity contribution < 1.29 is 4.74 Å². The molecule has 1 aliphatic rings. The highest BCUT2D eigenvalue weighted by Gasteiger charge is 2.32. The lowest BCUT2D eigenvalue weighted by Gasteiger charge is -2.22. The molecule has 0 saturated carbocycles. The molecule has 132 valence electrons. The Morgan fingerprint density at radius 3 is 2.69 bits per heavy atom. The lowest BCUT2D eigenvalue weighted by Crippen LogP contribution is -2.19. The van der Waals surface area contributed by atoms with E-state index in [1.54, 1.807) is 18.4 Å². The molecule has 0 fully saturated rings. The van der Waals surface area contributed by atoms with E-state index in [1.165, 1.54) is 11.1 Å². The van der Waals surface area contributed by atoms with E-state index in [0.29, 0.717) is 0 Å². The minimum Gasteiger partial charge on any atom is -0.497 e. The normalized spacial score (nSPS) is 16.7. The summed E-state index contributed by atoms with van der Waals surface area (Å²) < 4.78 is 5.38. The number of thiazole rings is 1. The second-order valence-electron chi connectivity index (χ2n) is 6.47. The fourth-order valence-corrected chi connectivity index (χ4v) is 4.11. The Balaban J connectivity index is 1.77. The number of anilines is 1. The van der Waals surface area contributed by atoms with Crippen LogP contribution in [0.3, 0.4) is 0 Å². The Bertz CT molecular complexity index is 963. The first-order valence-corrected chi connectivity index (χ1v) is 9.52. The van der Waals surface area contributed by atoms with Crippen molar-refractivity contribution in [2.24, 2.45) is 5.10 Å². The monoisotopic (exact) mass is 363 g/mol. The number of nitrogens with zero attached hydrogens (tertiary/aromatic N) is 3. The zero-order chi connectivity index (χ0) is 18.1. The predicted molar refractivity (Wildman–Crippen MR) is 107 cm³/mol. The summed E-state index contributed by atoms with van der Waals surface area (Å²) in [6.45, 7) is 4.18. The van der Waals surface area contributed by atoms with Crippen LogP contribution < -0.4 is 9.75 Å². The highest BCUT2D eigenvalue weighted by Crippen LogP contribution is 2.39. The summed E-state index contributed by atoms with van der Waals surface area (Å²) in [6.07, 6.45) is 0.844. The lowest BCUT2D eigenvalue weighted by atomic mass is 9.95. The average Bonchev–Trinajstić information content (AvgIpc) is 3.28. The molecule has 2 heterocycles. The largest absolute Gasteiger partial charge is 0.497 e. The molecule has 4 rings (SSSR count). The van der Waals surface area contributed by atoms with E-state index < -0.39 is 0 Å². The van der Waals surface area contributed by atoms with Gasteiger partial charge in [0.1, 0.15) is 5.75 Å². The molecule has 0 radical (unpaired) electrons. The third kappa shape index (κ3) is 3.10. The maximum atomic E-state index is 5.38. The van der Waals surface area contributed by atoms with Crippen LogP contribution in [0, 0.1) is 13.8 Å². The SMILES string of the molecule is COc1cccc(C2=NN(c3nc(C)cs3)[C@@H](c3ccccc3C)C2)c1. The lowest BCUT2D eigenvalue weighted by molar-refractivity contribution is 0.414. The van der Waals surface area contributed by atoms with E-state index in [0.717, 1.165) is 34.3 Å². The van der Waals surface area contributed by atoms with E-state index in [9.17, 15) is 0 Å². The van der Waals surface area contributed by atoms with Gasteiger partial charge in [-0.05, 0) is 37.1 Å². The van der Waals surface area contributed by atoms with Crippen molar-refractivity contribution >= 4 is 22.2 Å². The molecular weight excluding hydrogens is 342 g/mol. The predicted octanol–water partition coefficient (Wildman–Crippen LogP) is 5.12. The molecule has 0 bridgehead atoms. The topological polar surface area (TPSA) is 37.7 Å². The highest BCUT2D eigenvalue weighted by atomic mass is 32.1. The molecule has 1 aliphatic heterocycles. The molecular formula is C21H21N3OS. The molecule has 1 aromatic heterocycles. The number of aryl methyl sites for hydroxylation is 2. The minimum atomic E-state index is 0.156. The Labute approximate surface area is 157 Å². The van der Waals surface area contributed by atoms with E-state index in [1.807, 2.05) is 25.1 Å². The summed E-state index contributed by atoms with van der Waals surface area (Å²) in [5.41, 5.74) is 5.75. The molecule has 2 aromatic carbocycles. The number of hydrogen-bond acceptors (Lipinski definition) is 5. The van der Waals surface area contributed by atoms with Gasteiger partial charge >= 0.3 is 0 Å². The Morgan fingerprint density at radius 2 is 1.96 bits per heavy atom. The van der Waals surface area contributed by atoms with Gasteiger partial charge < -0.3 is 4.74 Å². The molecule has 1 atom stereocenters. The average molecular weight is 363 g/mol. The van der Waals surface area contributed by atoms with Crippen LogP contribution in [0.4, 0.5) is 5.13 Å². The standard InChI is InChI=1S/C21H21N3OS/c1-14-7-4-5-10-18(14)20-12-19(16-8-6-9-17(11-16)25-3)23-24(20)21-22-15(2)13-26-21/h4-11,13,20H,12H2,1-3H3/t20-/m1/s1. The van der Waals surface area contributed by atoms with Gasteiger partial charge in [-0.3, -0.25) is 0 Å². The van der Waals surface area contributed by atoms with Crippen molar-refractivity contribution in [1.82, 2.24) is 4.98 Å². The number of methoxy groups -OCH3 is 1. The first kappa shape index (κ1) is 16.8. The quantitative estimate of drug-likeness (QED) is 0.645. The summed E-state index contributed by atoms with van der Waals surface area (Å²) in [6, 6.07) is 16.8. The van der Waals surface area contributed by atoms with Crippen molar-refractivity contribution in [3.63, 3.8) is 0 Å².